The highest BCUT2D eigenvalue weighted by Crippen LogP contribution is 2.99. The fourth-order valence-electron chi connectivity index (χ4n) is 5.67. The summed E-state index contributed by atoms with van der Waals surface area (Å²) in [5, 5.41) is 19.5. The van der Waals surface area contributed by atoms with E-state index >= 15 is 0 Å². The molecule has 0 aromatic rings. The van der Waals surface area contributed by atoms with Crippen LogP contribution in [0.4, 0.5) is 0 Å². The minimum absolute atomic E-state index is 0. The monoisotopic (exact) mass is 1370 g/mol. The molecule has 4 unspecified atom stereocenters. The maximum Gasteiger partial charge on any atom is 0.498 e. The summed E-state index contributed by atoms with van der Waals surface area (Å²) in [7, 11) is -26.6. The zero-order chi connectivity index (χ0) is 66.8. The van der Waals surface area contributed by atoms with Crippen molar-refractivity contribution in [3.05, 3.63) is 72.9 Å². The third-order valence-corrected chi connectivity index (χ3v) is 22.3. The Labute approximate surface area is 497 Å². The van der Waals surface area contributed by atoms with E-state index in [1.165, 1.54) is 55.4 Å². The molecular weight excluding hydrogens is 1300 g/mol. The normalized spacial score (nSPS) is 21.4. The van der Waals surface area contributed by atoms with Gasteiger partial charge in [-0.15, -0.1) is 0 Å². The summed E-state index contributed by atoms with van der Waals surface area (Å²) in [5.41, 5.74) is -2.61. The number of ether oxygens (including phenoxy) is 8. The van der Waals surface area contributed by atoms with E-state index in [1.807, 2.05) is 0 Å². The van der Waals surface area contributed by atoms with Crippen LogP contribution in [0.3, 0.4) is 0 Å². The number of carbonyl (C=O) groups excluding carboxylic acids is 8. The first-order chi connectivity index (χ1) is 38.9. The van der Waals surface area contributed by atoms with Crippen LogP contribution >= 0.6 is 46.5 Å². The van der Waals surface area contributed by atoms with E-state index in [4.69, 9.17) is 57.5 Å². The topological polar surface area (TPSA) is 530 Å². The molecule has 36 nitrogen and oxygen atoms in total. The van der Waals surface area contributed by atoms with Crippen molar-refractivity contribution in [1.29, 1.82) is 0 Å². The number of hydrogen-bond donors (Lipinski definition) is 6. The van der Waals surface area contributed by atoms with Crippen molar-refractivity contribution in [2.75, 3.05) is 58.8 Å². The largest absolute Gasteiger partial charge is 0.498 e. The van der Waals surface area contributed by atoms with Crippen molar-refractivity contribution in [3.8, 4) is 0 Å². The van der Waals surface area contributed by atoms with Gasteiger partial charge >= 0.3 is 94.2 Å². The highest BCUT2D eigenvalue weighted by atomic mass is 31.4. The SMILES string of the molecule is C=C(C)C(=O)OCC(COC(=O)C(=C)CC(C)(C)C(=O)OCC(COC(=O)C(=C)C)OP(=O)(O)O)OP(=O)(O)O.C=C(C)C(=O)OCC(O)COC(=O)C(=C)CC(C)(C)C(=O)OCC(O)COC(=O)C(=C)C.O.O=P12CP3(=O)OP(=O)(O1)OP(=O)(O2)O3. The number of hydrogen-bond acceptors (Lipinski definition) is 31. The van der Waals surface area contributed by atoms with Crippen LogP contribution in [-0.4, -0.2) is 166 Å². The molecular formula is C45H70O36P6. The number of phosphoric ester groups is 2. The Balaban J connectivity index is 0.00000139. The van der Waals surface area contributed by atoms with E-state index < -0.39 is 175 Å². The first-order valence-corrected chi connectivity index (χ1v) is 33.5. The summed E-state index contributed by atoms with van der Waals surface area (Å²) in [6, 6.07) is 0. The molecule has 0 aliphatic carbocycles. The van der Waals surface area contributed by atoms with Crippen molar-refractivity contribution in [2.24, 2.45) is 10.8 Å². The molecule has 0 aromatic heterocycles. The average molecular weight is 1370 g/mol. The maximum absolute atomic E-state index is 12.6. The smallest absolute Gasteiger partial charge is 0.462 e. The number of aliphatic hydroxyl groups excluding tert-OH is 2. The molecule has 8 N–H and O–H groups in total. The van der Waals surface area contributed by atoms with Gasteiger partial charge in [-0.3, -0.25) is 27.8 Å². The molecule has 0 aromatic carbocycles. The molecule has 4 aliphatic heterocycles. The molecule has 0 amide bonds. The first-order valence-electron chi connectivity index (χ1n) is 24.1. The summed E-state index contributed by atoms with van der Waals surface area (Å²) in [4.78, 5) is 131. The van der Waals surface area contributed by atoms with E-state index in [0.717, 1.165) is 0 Å². The second kappa shape index (κ2) is 34.3. The van der Waals surface area contributed by atoms with Gasteiger partial charge in [0.2, 0.25) is 0 Å². The van der Waals surface area contributed by atoms with Gasteiger partial charge in [0.15, 0.2) is 5.90 Å². The number of esters is 8. The predicted octanol–water partition coefficient (Wildman–Crippen LogP) is 4.09. The fourth-order valence-corrected chi connectivity index (χ4v) is 20.0. The minimum Gasteiger partial charge on any atom is -0.462 e. The molecule has 0 saturated carbocycles. The van der Waals surface area contributed by atoms with E-state index in [1.54, 1.807) is 0 Å². The fraction of sp³-hybridized carbons (Fsp3) is 0.556. The molecule has 4 aliphatic rings. The minimum atomic E-state index is -5.06. The van der Waals surface area contributed by atoms with Crippen LogP contribution in [0.15, 0.2) is 72.9 Å². The number of rotatable bonds is 32. The number of phosphoric acid groups is 4. The van der Waals surface area contributed by atoms with E-state index in [2.05, 4.69) is 70.1 Å². The van der Waals surface area contributed by atoms with Crippen molar-refractivity contribution in [1.82, 2.24) is 0 Å². The van der Waals surface area contributed by atoms with E-state index in [0.29, 0.717) is 0 Å². The lowest BCUT2D eigenvalue weighted by Crippen LogP contribution is -2.34. The molecule has 87 heavy (non-hydrogen) atoms. The second-order valence-corrected chi connectivity index (χ2v) is 30.7. The zero-order valence-electron chi connectivity index (χ0n) is 48.0. The molecule has 4 heterocycles. The van der Waals surface area contributed by atoms with Crippen molar-refractivity contribution in [2.45, 2.75) is 92.6 Å². The van der Waals surface area contributed by atoms with Gasteiger partial charge in [0, 0.05) is 33.4 Å². The quantitative estimate of drug-likeness (QED) is 0.0239. The van der Waals surface area contributed by atoms with Gasteiger partial charge in [0.05, 0.1) is 10.8 Å². The Morgan fingerprint density at radius 1 is 0.437 bits per heavy atom. The van der Waals surface area contributed by atoms with Gasteiger partial charge in [-0.05, 0) is 68.2 Å². The van der Waals surface area contributed by atoms with Gasteiger partial charge in [-0.25, -0.2) is 64.3 Å². The molecule has 4 bridgehead atoms. The highest BCUT2D eigenvalue weighted by molar-refractivity contribution is 7.92. The van der Waals surface area contributed by atoms with Gasteiger partial charge in [-0.2, -0.15) is 4.31 Å². The first kappa shape index (κ1) is 82.0. The number of aliphatic hydroxyl groups is 2. The standard InChI is InChI=1S/C22H34O16P2.C22H32O10.CH2O9P4.H2O/c1-13(2)18(23)33-9-16(37-39(27,28)29)11-35-20(25)15(5)8-22(6,7)21(26)36-12-17(38-40(30,31)32)10-34-19(24)14(3)4;1-13(2)18(25)29-9-16(23)11-31-20(27)15(5)8-22(6,7)21(28)32-12-17(24)10-30-19(26)14(3)4;2-11-1-12(3)8-13(4,6-11)10-14(5,7-11)9-12;/h16-17H,1,3,5,8-12H2,2,4,6-7H3,(H2,27,28,29)(H2,30,31,32);16-17,23-24H,1,3,5,8-12H2,2,4,6-7H3;1H2;1H2. The lowest BCUT2D eigenvalue weighted by molar-refractivity contribution is -0.160. The average Bonchev–Trinajstić information content (AvgIpc) is 0.758. The third kappa shape index (κ3) is 31.4. The van der Waals surface area contributed by atoms with E-state index in [9.17, 15) is 76.0 Å². The zero-order valence-corrected chi connectivity index (χ0v) is 53.4. The van der Waals surface area contributed by atoms with Crippen LogP contribution < -0.4 is 0 Å². The van der Waals surface area contributed by atoms with Gasteiger partial charge in [0.1, 0.15) is 77.3 Å². The van der Waals surface area contributed by atoms with Gasteiger partial charge in [-0.1, -0.05) is 39.5 Å². The summed E-state index contributed by atoms with van der Waals surface area (Å²) >= 11 is 0. The Morgan fingerprint density at radius 2 is 0.667 bits per heavy atom. The molecule has 496 valence electrons. The second-order valence-electron chi connectivity index (χ2n) is 19.6. The van der Waals surface area contributed by atoms with Crippen molar-refractivity contribution < 1.29 is 170 Å². The summed E-state index contributed by atoms with van der Waals surface area (Å²) in [6.45, 7) is 27.4. The molecule has 0 spiro atoms. The highest BCUT2D eigenvalue weighted by Gasteiger charge is 2.72. The molecule has 4 saturated heterocycles. The molecule has 0 radical (unpaired) electrons. The van der Waals surface area contributed by atoms with Crippen LogP contribution in [0.2, 0.25) is 0 Å². The Morgan fingerprint density at radius 3 is 0.931 bits per heavy atom. The molecule has 42 heteroatoms. The van der Waals surface area contributed by atoms with Crippen LogP contribution in [0.1, 0.15) is 68.2 Å². The van der Waals surface area contributed by atoms with Crippen LogP contribution in [0, 0.1) is 10.8 Å². The van der Waals surface area contributed by atoms with E-state index in [-0.39, 0.29) is 65.0 Å². The molecule has 4 rings (SSSR count). The van der Waals surface area contributed by atoms with Crippen LogP contribution in [0.25, 0.3) is 0 Å². The number of carbonyl (C=O) groups is 8. The summed E-state index contributed by atoms with van der Waals surface area (Å²) in [5.74, 6) is -7.41. The molecule has 4 fully saturated rings. The summed E-state index contributed by atoms with van der Waals surface area (Å²) in [6.07, 6.45) is -6.04. The Bertz CT molecular complexity index is 2800. The van der Waals surface area contributed by atoms with Crippen LogP contribution in [0.5, 0.6) is 0 Å². The third-order valence-electron chi connectivity index (χ3n) is 9.63. The predicted molar refractivity (Wildman–Crippen MR) is 292 cm³/mol. The lowest BCUT2D eigenvalue weighted by atomic mass is 9.86. The maximum atomic E-state index is 12.6. The Hall–Kier alpha value is -4.98. The van der Waals surface area contributed by atoms with Crippen LogP contribution in [-0.2, 0) is 134 Å². The van der Waals surface area contributed by atoms with Gasteiger partial charge in [0.25, 0.3) is 0 Å². The lowest BCUT2D eigenvalue weighted by Gasteiger charge is -2.43. The molecule has 4 atom stereocenters. The van der Waals surface area contributed by atoms with Gasteiger partial charge < -0.3 is 73.2 Å². The van der Waals surface area contributed by atoms with Crippen molar-refractivity contribution in [3.63, 3.8) is 0 Å². The Kier molecular flexibility index (Phi) is 32.3. The van der Waals surface area contributed by atoms with Crippen molar-refractivity contribution >= 4 is 94.2 Å². The summed E-state index contributed by atoms with van der Waals surface area (Å²) < 4.78 is 138.